The standard InChI is InChI=1S/C21H24Cl4O5/c1-19-8-6-14-13-5-3-12(26)10-11(13)2-4-15(14)16(19)7-9-20(19,28)30-18(27)29-17(22)21(23,24)25/h3,5,10,14-17,26,28H,2,4,6-9H2,1H3/t14?,15?,16?,17?,19-,20-/m0/s1. The number of hydrogen-bond acceptors (Lipinski definition) is 5. The summed E-state index contributed by atoms with van der Waals surface area (Å²) < 4.78 is 8.25. The Bertz CT molecular complexity index is 843. The first-order chi connectivity index (χ1) is 13.9. The van der Waals surface area contributed by atoms with E-state index in [1.54, 1.807) is 6.07 Å². The number of rotatable bonds is 2. The number of ether oxygens (including phenoxy) is 2. The number of fused-ring (bicyclic) bond motifs is 5. The van der Waals surface area contributed by atoms with E-state index >= 15 is 0 Å². The molecule has 6 atom stereocenters. The molecule has 1 aromatic rings. The van der Waals surface area contributed by atoms with Gasteiger partial charge in [0.2, 0.25) is 15.1 Å². The molecule has 2 saturated carbocycles. The third-order valence-corrected chi connectivity index (χ3v) is 8.84. The van der Waals surface area contributed by atoms with Gasteiger partial charge in [0, 0.05) is 11.8 Å². The molecule has 5 nitrogen and oxygen atoms in total. The second-order valence-corrected chi connectivity index (χ2v) is 11.7. The molecule has 0 amide bonds. The third-order valence-electron chi connectivity index (χ3n) is 7.50. The van der Waals surface area contributed by atoms with Gasteiger partial charge in [-0.1, -0.05) is 59.4 Å². The first kappa shape index (κ1) is 22.6. The zero-order valence-electron chi connectivity index (χ0n) is 16.4. The van der Waals surface area contributed by atoms with E-state index < -0.39 is 26.7 Å². The Morgan fingerprint density at radius 1 is 1.23 bits per heavy atom. The van der Waals surface area contributed by atoms with Gasteiger partial charge in [0.05, 0.1) is 0 Å². The number of phenols is 1. The fourth-order valence-corrected chi connectivity index (χ4v) is 6.23. The molecule has 0 heterocycles. The highest BCUT2D eigenvalue weighted by Gasteiger charge is 2.64. The second-order valence-electron chi connectivity index (χ2n) is 8.91. The lowest BCUT2D eigenvalue weighted by Crippen LogP contribution is -2.53. The van der Waals surface area contributed by atoms with Crippen LogP contribution >= 0.6 is 46.4 Å². The van der Waals surface area contributed by atoms with Gasteiger partial charge in [0.1, 0.15) is 5.75 Å². The predicted octanol–water partition coefficient (Wildman–Crippen LogP) is 6.03. The molecule has 0 aliphatic heterocycles. The molecule has 3 aliphatic rings. The smallest absolute Gasteiger partial charge is 0.508 e. The zero-order valence-corrected chi connectivity index (χ0v) is 19.4. The largest absolute Gasteiger partial charge is 0.512 e. The summed E-state index contributed by atoms with van der Waals surface area (Å²) in [6, 6.07) is 5.62. The maximum absolute atomic E-state index is 12.3. The van der Waals surface area contributed by atoms with Crippen molar-refractivity contribution in [3.05, 3.63) is 29.3 Å². The SMILES string of the molecule is C[C@]12CCC3c4ccc(O)cc4CCC3C1CC[C@]2(O)OC(=O)OC(Cl)C(Cl)(Cl)Cl. The van der Waals surface area contributed by atoms with Crippen molar-refractivity contribution >= 4 is 52.6 Å². The van der Waals surface area contributed by atoms with E-state index in [1.165, 1.54) is 11.1 Å². The summed E-state index contributed by atoms with van der Waals surface area (Å²) in [6.45, 7) is 1.98. The summed E-state index contributed by atoms with van der Waals surface area (Å²) in [4.78, 5) is 12.3. The van der Waals surface area contributed by atoms with E-state index in [0.717, 1.165) is 25.7 Å². The van der Waals surface area contributed by atoms with E-state index in [0.29, 0.717) is 30.4 Å². The van der Waals surface area contributed by atoms with E-state index in [9.17, 15) is 15.0 Å². The Labute approximate surface area is 195 Å². The zero-order chi connectivity index (χ0) is 21.9. The Kier molecular flexibility index (Phi) is 5.85. The van der Waals surface area contributed by atoms with Crippen LogP contribution in [0.2, 0.25) is 0 Å². The van der Waals surface area contributed by atoms with Crippen molar-refractivity contribution in [2.45, 2.75) is 66.5 Å². The van der Waals surface area contributed by atoms with Crippen LogP contribution in [0.25, 0.3) is 0 Å². The van der Waals surface area contributed by atoms with Crippen LogP contribution in [0.3, 0.4) is 0 Å². The van der Waals surface area contributed by atoms with Crippen molar-refractivity contribution in [2.24, 2.45) is 17.3 Å². The summed E-state index contributed by atoms with van der Waals surface area (Å²) in [5, 5.41) is 21.2. The summed E-state index contributed by atoms with van der Waals surface area (Å²) in [5.41, 5.74) is 0.344. The van der Waals surface area contributed by atoms with E-state index in [2.05, 4.69) is 0 Å². The highest BCUT2D eigenvalue weighted by atomic mass is 35.6. The number of carbonyl (C=O) groups excluding carboxylic acids is 1. The molecule has 30 heavy (non-hydrogen) atoms. The first-order valence-corrected chi connectivity index (χ1v) is 11.7. The van der Waals surface area contributed by atoms with Crippen molar-refractivity contribution in [1.29, 1.82) is 0 Å². The molecule has 2 fully saturated rings. The molecule has 0 aromatic heterocycles. The lowest BCUT2D eigenvalue weighted by atomic mass is 9.55. The number of carbonyl (C=O) groups is 1. The number of halogens is 4. The highest BCUT2D eigenvalue weighted by molar-refractivity contribution is 6.70. The topological polar surface area (TPSA) is 76.0 Å². The number of aromatic hydroxyl groups is 1. The number of benzene rings is 1. The molecule has 4 rings (SSSR count). The summed E-state index contributed by atoms with van der Waals surface area (Å²) in [6.07, 6.45) is 3.31. The number of phenolic OH excluding ortho intramolecular Hbond substituents is 1. The Balaban J connectivity index is 1.52. The van der Waals surface area contributed by atoms with Gasteiger partial charge in [-0.05, 0) is 73.1 Å². The van der Waals surface area contributed by atoms with Crippen LogP contribution < -0.4 is 0 Å². The van der Waals surface area contributed by atoms with Crippen molar-refractivity contribution in [3.63, 3.8) is 0 Å². The van der Waals surface area contributed by atoms with Gasteiger partial charge in [-0.2, -0.15) is 0 Å². The molecule has 2 N–H and O–H groups in total. The van der Waals surface area contributed by atoms with Crippen molar-refractivity contribution in [3.8, 4) is 5.75 Å². The van der Waals surface area contributed by atoms with Crippen LogP contribution in [0, 0.1) is 17.3 Å². The normalized spacial score (nSPS) is 36.3. The lowest BCUT2D eigenvalue weighted by Gasteiger charge is -2.52. The van der Waals surface area contributed by atoms with Gasteiger partial charge >= 0.3 is 6.16 Å². The van der Waals surface area contributed by atoms with Crippen molar-refractivity contribution in [2.75, 3.05) is 0 Å². The van der Waals surface area contributed by atoms with Crippen LogP contribution in [0.5, 0.6) is 5.75 Å². The Morgan fingerprint density at radius 2 is 1.97 bits per heavy atom. The monoisotopic (exact) mass is 496 g/mol. The van der Waals surface area contributed by atoms with Crippen LogP contribution in [0.1, 0.15) is 56.1 Å². The highest BCUT2D eigenvalue weighted by Crippen LogP contribution is 2.64. The van der Waals surface area contributed by atoms with Gasteiger partial charge in [-0.25, -0.2) is 4.79 Å². The fraction of sp³-hybridized carbons (Fsp3) is 0.667. The van der Waals surface area contributed by atoms with Crippen LogP contribution in [0.15, 0.2) is 18.2 Å². The van der Waals surface area contributed by atoms with Crippen molar-refractivity contribution in [1.82, 2.24) is 0 Å². The van der Waals surface area contributed by atoms with Gasteiger partial charge in [0.25, 0.3) is 0 Å². The molecular formula is C21H24Cl4O5. The maximum Gasteiger partial charge on any atom is 0.512 e. The molecular weight excluding hydrogens is 474 g/mol. The summed E-state index contributed by atoms with van der Waals surface area (Å²) >= 11 is 22.7. The summed E-state index contributed by atoms with van der Waals surface area (Å²) in [7, 11) is 0. The molecule has 0 radical (unpaired) electrons. The van der Waals surface area contributed by atoms with Gasteiger partial charge in [-0.3, -0.25) is 0 Å². The second kappa shape index (κ2) is 7.77. The molecule has 3 aliphatic carbocycles. The number of aliphatic hydroxyl groups is 1. The van der Waals surface area contributed by atoms with Gasteiger partial charge < -0.3 is 19.7 Å². The number of alkyl halides is 4. The Hall–Kier alpha value is -0.590. The van der Waals surface area contributed by atoms with Gasteiger partial charge in [-0.15, -0.1) is 0 Å². The summed E-state index contributed by atoms with van der Waals surface area (Å²) in [5.74, 6) is -0.438. The Morgan fingerprint density at radius 3 is 2.67 bits per heavy atom. The minimum atomic E-state index is -2.01. The average Bonchev–Trinajstić information content (AvgIpc) is 2.91. The molecule has 4 unspecified atom stereocenters. The maximum atomic E-state index is 12.3. The van der Waals surface area contributed by atoms with Crippen LogP contribution in [-0.2, 0) is 15.9 Å². The van der Waals surface area contributed by atoms with E-state index in [4.69, 9.17) is 55.9 Å². The average molecular weight is 498 g/mol. The first-order valence-electron chi connectivity index (χ1n) is 10.1. The predicted molar refractivity (Wildman–Crippen MR) is 115 cm³/mol. The molecule has 166 valence electrons. The van der Waals surface area contributed by atoms with Crippen LogP contribution in [0.4, 0.5) is 4.79 Å². The fourth-order valence-electron chi connectivity index (χ4n) is 6.02. The third kappa shape index (κ3) is 3.75. The molecule has 1 aromatic carbocycles. The minimum Gasteiger partial charge on any atom is -0.508 e. The molecule has 9 heteroatoms. The van der Waals surface area contributed by atoms with Crippen LogP contribution in [-0.4, -0.2) is 31.5 Å². The van der Waals surface area contributed by atoms with E-state index in [-0.39, 0.29) is 5.92 Å². The van der Waals surface area contributed by atoms with E-state index in [1.807, 2.05) is 19.1 Å². The molecule has 0 spiro atoms. The minimum absolute atomic E-state index is 0.191. The number of hydrogen-bond donors (Lipinski definition) is 2. The lowest BCUT2D eigenvalue weighted by molar-refractivity contribution is -0.249. The van der Waals surface area contributed by atoms with Crippen molar-refractivity contribution < 1.29 is 24.5 Å². The van der Waals surface area contributed by atoms with Gasteiger partial charge in [0.15, 0.2) is 0 Å². The number of aryl methyl sites for hydroxylation is 1. The quantitative estimate of drug-likeness (QED) is 0.296. The molecule has 0 bridgehead atoms. The molecule has 0 saturated heterocycles.